The molecule has 0 aliphatic rings. The van der Waals surface area contributed by atoms with Crippen LogP contribution in [0, 0.1) is 0 Å². The average Bonchev–Trinajstić information content (AvgIpc) is 3.30. The second kappa shape index (κ2) is 9.36. The average molecular weight is 517 g/mol. The Morgan fingerprint density at radius 1 is 1.08 bits per heavy atom. The van der Waals surface area contributed by atoms with Gasteiger partial charge in [-0.2, -0.15) is 13.2 Å². The molecule has 192 valence electrons. The van der Waals surface area contributed by atoms with Crippen molar-refractivity contribution in [3.05, 3.63) is 57.8 Å². The van der Waals surface area contributed by atoms with Crippen molar-refractivity contribution < 1.29 is 22.8 Å². The lowest BCUT2D eigenvalue weighted by molar-refractivity contribution is -0.145. The Morgan fingerprint density at radius 2 is 1.76 bits per heavy atom. The van der Waals surface area contributed by atoms with E-state index in [9.17, 15) is 32.3 Å². The molecule has 0 bridgehead atoms. The van der Waals surface area contributed by atoms with E-state index in [0.29, 0.717) is 0 Å². The molecule has 1 amide bonds. The van der Waals surface area contributed by atoms with Crippen LogP contribution in [0.5, 0.6) is 0 Å². The van der Waals surface area contributed by atoms with E-state index in [-0.39, 0.29) is 28.2 Å². The molecule has 0 radical (unpaired) electrons. The van der Waals surface area contributed by atoms with Crippen LogP contribution in [0.2, 0.25) is 0 Å². The summed E-state index contributed by atoms with van der Waals surface area (Å²) < 4.78 is 41.2. The molecule has 0 saturated carbocycles. The number of aryl methyl sites for hydroxylation is 1. The molecule has 16 heteroatoms. The highest BCUT2D eigenvalue weighted by Crippen LogP contribution is 2.26. The van der Waals surface area contributed by atoms with Crippen molar-refractivity contribution in [3.63, 3.8) is 0 Å². The first-order valence-corrected chi connectivity index (χ1v) is 10.6. The van der Waals surface area contributed by atoms with Crippen LogP contribution < -0.4 is 16.6 Å². The highest BCUT2D eigenvalue weighted by atomic mass is 19.4. The second-order valence-corrected chi connectivity index (χ2v) is 8.01. The number of fused-ring (bicyclic) bond motifs is 1. The van der Waals surface area contributed by atoms with Crippen LogP contribution in [0.3, 0.4) is 0 Å². The first-order chi connectivity index (χ1) is 17.4. The third-order valence-electron chi connectivity index (χ3n) is 5.32. The highest BCUT2D eigenvalue weighted by Gasteiger charge is 2.34. The van der Waals surface area contributed by atoms with Crippen LogP contribution in [0.1, 0.15) is 25.7 Å². The molecular formula is C21H18F3N9O4. The Bertz CT molecular complexity index is 1640. The summed E-state index contributed by atoms with van der Waals surface area (Å²) in [7, 11) is 1.38. The van der Waals surface area contributed by atoms with Crippen molar-refractivity contribution in [2.45, 2.75) is 32.6 Å². The van der Waals surface area contributed by atoms with Crippen LogP contribution in [0.15, 0.2) is 40.7 Å². The lowest BCUT2D eigenvalue weighted by Crippen LogP contribution is -2.41. The van der Waals surface area contributed by atoms with Gasteiger partial charge in [0.1, 0.15) is 11.8 Å². The second-order valence-electron chi connectivity index (χ2n) is 8.01. The van der Waals surface area contributed by atoms with E-state index in [0.717, 1.165) is 21.5 Å². The first-order valence-electron chi connectivity index (χ1n) is 10.6. The van der Waals surface area contributed by atoms with Crippen molar-refractivity contribution in [1.29, 1.82) is 0 Å². The van der Waals surface area contributed by atoms with Gasteiger partial charge in [0, 0.05) is 25.0 Å². The van der Waals surface area contributed by atoms with Gasteiger partial charge in [-0.1, -0.05) is 0 Å². The summed E-state index contributed by atoms with van der Waals surface area (Å²) in [6.45, 7) is 2.26. The highest BCUT2D eigenvalue weighted by molar-refractivity contribution is 5.93. The minimum absolute atomic E-state index is 0.0264. The van der Waals surface area contributed by atoms with Crippen molar-refractivity contribution in [2.24, 2.45) is 7.05 Å². The molecule has 4 aromatic rings. The zero-order valence-corrected chi connectivity index (χ0v) is 19.5. The van der Waals surface area contributed by atoms with E-state index in [1.165, 1.54) is 44.2 Å². The molecule has 0 aromatic carbocycles. The molecule has 0 saturated heterocycles. The van der Waals surface area contributed by atoms with Crippen LogP contribution >= 0.6 is 0 Å². The standard InChI is InChI=1S/C21H18F3N9O4/c1-10(34)8-32-18(36)15-16(31(3)20(32)37)28-9-33(15)11(2)17(35)30-14-7-25-6-13(29-14)12-4-26-19(27-5-12)21(22,23)24/h4-7,9,11H,8H2,1-3H3,(H,29,30,35)/t11-/m0/s1. The maximum absolute atomic E-state index is 13.0. The fourth-order valence-corrected chi connectivity index (χ4v) is 3.47. The Labute approximate surface area is 204 Å². The number of carbonyl (C=O) groups excluding carboxylic acids is 2. The predicted octanol–water partition coefficient (Wildman–Crippen LogP) is 0.951. The van der Waals surface area contributed by atoms with E-state index < -0.39 is 47.5 Å². The van der Waals surface area contributed by atoms with Gasteiger partial charge in [0.15, 0.2) is 17.0 Å². The summed E-state index contributed by atoms with van der Waals surface area (Å²) >= 11 is 0. The molecule has 0 fully saturated rings. The molecule has 4 aromatic heterocycles. The molecular weight excluding hydrogens is 499 g/mol. The summed E-state index contributed by atoms with van der Waals surface area (Å²) in [5.41, 5.74) is -1.30. The zero-order valence-electron chi connectivity index (χ0n) is 19.5. The minimum atomic E-state index is -4.70. The fraction of sp³-hybridized carbons (Fsp3) is 0.286. The Kier molecular flexibility index (Phi) is 6.41. The number of carbonyl (C=O) groups is 2. The number of amides is 1. The summed E-state index contributed by atoms with van der Waals surface area (Å²) in [6, 6.07) is -1.03. The van der Waals surface area contributed by atoms with Gasteiger partial charge < -0.3 is 9.88 Å². The number of aromatic nitrogens is 8. The molecule has 1 N–H and O–H groups in total. The lowest BCUT2D eigenvalue weighted by atomic mass is 10.2. The third kappa shape index (κ3) is 4.85. The van der Waals surface area contributed by atoms with Gasteiger partial charge >= 0.3 is 11.9 Å². The van der Waals surface area contributed by atoms with Crippen molar-refractivity contribution in [3.8, 4) is 11.3 Å². The van der Waals surface area contributed by atoms with Crippen molar-refractivity contribution in [1.82, 2.24) is 38.6 Å². The topological polar surface area (TPSA) is 160 Å². The molecule has 4 heterocycles. The normalized spacial score (nSPS) is 12.5. The van der Waals surface area contributed by atoms with E-state index in [1.54, 1.807) is 0 Å². The molecule has 37 heavy (non-hydrogen) atoms. The third-order valence-corrected chi connectivity index (χ3v) is 5.32. The number of ketones is 1. The Hall–Kier alpha value is -4.76. The van der Waals surface area contributed by atoms with Gasteiger partial charge in [0.05, 0.1) is 31.0 Å². The molecule has 0 aliphatic heterocycles. The van der Waals surface area contributed by atoms with E-state index in [4.69, 9.17) is 0 Å². The number of alkyl halides is 3. The number of nitrogens with one attached hydrogen (secondary N) is 1. The number of rotatable bonds is 6. The number of hydrogen-bond acceptors (Lipinski definition) is 9. The van der Waals surface area contributed by atoms with Gasteiger partial charge in [-0.15, -0.1) is 0 Å². The number of Topliss-reactive ketones (excluding diaryl/α,β-unsaturated/α-hetero) is 1. The first kappa shape index (κ1) is 25.3. The Balaban J connectivity index is 1.63. The maximum atomic E-state index is 13.0. The monoisotopic (exact) mass is 517 g/mol. The smallest absolute Gasteiger partial charge is 0.312 e. The Morgan fingerprint density at radius 3 is 2.38 bits per heavy atom. The summed E-state index contributed by atoms with van der Waals surface area (Å²) in [5.74, 6) is -2.39. The SMILES string of the molecule is CC(=O)Cn1c(=O)c2c(ncn2[C@@H](C)C(=O)Nc2cncc(-c3cnc(C(F)(F)F)nc3)n2)n(C)c1=O. The molecule has 0 aliphatic carbocycles. The van der Waals surface area contributed by atoms with Crippen LogP contribution in [-0.2, 0) is 29.4 Å². The summed E-state index contributed by atoms with van der Waals surface area (Å²) in [6.07, 6.45) is 0.857. The largest absolute Gasteiger partial charge is 0.451 e. The zero-order chi connectivity index (χ0) is 27.1. The molecule has 0 unspecified atom stereocenters. The number of hydrogen-bond donors (Lipinski definition) is 1. The molecule has 0 spiro atoms. The molecule has 1 atom stereocenters. The summed E-state index contributed by atoms with van der Waals surface area (Å²) in [5, 5.41) is 2.52. The van der Waals surface area contributed by atoms with Gasteiger partial charge in [0.2, 0.25) is 11.7 Å². The van der Waals surface area contributed by atoms with E-state index in [1.807, 2.05) is 0 Å². The number of nitrogens with zero attached hydrogens (tertiary/aromatic N) is 8. The molecule has 13 nitrogen and oxygen atoms in total. The predicted molar refractivity (Wildman–Crippen MR) is 121 cm³/mol. The van der Waals surface area contributed by atoms with Crippen molar-refractivity contribution in [2.75, 3.05) is 5.32 Å². The van der Waals surface area contributed by atoms with Crippen LogP contribution in [0.25, 0.3) is 22.4 Å². The van der Waals surface area contributed by atoms with Gasteiger partial charge in [0.25, 0.3) is 5.56 Å². The lowest BCUT2D eigenvalue weighted by Gasteiger charge is -2.15. The van der Waals surface area contributed by atoms with Crippen LogP contribution in [0.4, 0.5) is 19.0 Å². The van der Waals surface area contributed by atoms with Gasteiger partial charge in [-0.25, -0.2) is 24.7 Å². The number of anilines is 1. The minimum Gasteiger partial charge on any atom is -0.312 e. The molecule has 4 rings (SSSR count). The van der Waals surface area contributed by atoms with E-state index in [2.05, 4.69) is 30.2 Å². The van der Waals surface area contributed by atoms with Gasteiger partial charge in [-0.05, 0) is 13.8 Å². The summed E-state index contributed by atoms with van der Waals surface area (Å²) in [4.78, 5) is 68.7. The number of halogens is 3. The maximum Gasteiger partial charge on any atom is 0.451 e. The van der Waals surface area contributed by atoms with Gasteiger partial charge in [-0.3, -0.25) is 28.5 Å². The van der Waals surface area contributed by atoms with E-state index >= 15 is 0 Å². The van der Waals surface area contributed by atoms with Crippen LogP contribution in [-0.4, -0.2) is 50.3 Å². The fourth-order valence-electron chi connectivity index (χ4n) is 3.47. The number of imidazole rings is 1. The van der Waals surface area contributed by atoms with Crippen molar-refractivity contribution >= 4 is 28.7 Å². The quantitative estimate of drug-likeness (QED) is 0.393.